The molecule has 2 aromatic carbocycles. The second-order valence-electron chi connectivity index (χ2n) is 5.59. The van der Waals surface area contributed by atoms with E-state index in [1.807, 2.05) is 37.3 Å². The topological polar surface area (TPSA) is 117 Å². The third kappa shape index (κ3) is 5.31. The third-order valence-corrected chi connectivity index (χ3v) is 3.79. The van der Waals surface area contributed by atoms with Gasteiger partial charge in [0, 0.05) is 30.1 Å². The maximum atomic E-state index is 12.2. The SMILES string of the molecule is COc1ccc(C(C)N/C=C(/C#N)C(=O)Nc2ccc([N+](=O)[O-])cc2)cc1. The standard InChI is InChI=1S/C19H18N4O4/c1-13(14-3-9-18(27-2)10-4-14)21-12-15(11-20)19(24)22-16-5-7-17(8-6-16)23(25)26/h3-10,12-13,21H,1-2H3,(H,22,24)/b15-12-. The van der Waals surface area contributed by atoms with E-state index in [0.717, 1.165) is 11.3 Å². The van der Waals surface area contributed by atoms with Crippen molar-refractivity contribution >= 4 is 17.3 Å². The molecule has 0 spiro atoms. The summed E-state index contributed by atoms with van der Waals surface area (Å²) in [6, 6.07) is 14.5. The zero-order valence-corrected chi connectivity index (χ0v) is 14.8. The Balaban J connectivity index is 2.02. The minimum atomic E-state index is -0.610. The monoisotopic (exact) mass is 366 g/mol. The molecular formula is C19H18N4O4. The minimum Gasteiger partial charge on any atom is -0.497 e. The van der Waals surface area contributed by atoms with E-state index in [1.165, 1.54) is 30.5 Å². The van der Waals surface area contributed by atoms with Crippen LogP contribution in [0.2, 0.25) is 0 Å². The van der Waals surface area contributed by atoms with Gasteiger partial charge in [-0.3, -0.25) is 14.9 Å². The number of amides is 1. The Morgan fingerprint density at radius 2 is 1.85 bits per heavy atom. The lowest BCUT2D eigenvalue weighted by Crippen LogP contribution is -2.18. The number of carbonyl (C=O) groups excluding carboxylic acids is 1. The lowest BCUT2D eigenvalue weighted by Gasteiger charge is -2.13. The zero-order valence-electron chi connectivity index (χ0n) is 14.8. The van der Waals surface area contributed by atoms with E-state index in [1.54, 1.807) is 7.11 Å². The van der Waals surface area contributed by atoms with E-state index in [-0.39, 0.29) is 17.3 Å². The number of benzene rings is 2. The predicted molar refractivity (Wildman–Crippen MR) is 100.0 cm³/mol. The number of nitriles is 1. The van der Waals surface area contributed by atoms with Crippen LogP contribution in [0.25, 0.3) is 0 Å². The molecule has 2 N–H and O–H groups in total. The molecule has 27 heavy (non-hydrogen) atoms. The molecule has 2 aromatic rings. The molecule has 1 amide bonds. The predicted octanol–water partition coefficient (Wildman–Crippen LogP) is 3.30. The number of nitro benzene ring substituents is 1. The van der Waals surface area contributed by atoms with Gasteiger partial charge in [-0.25, -0.2) is 0 Å². The van der Waals surface area contributed by atoms with Gasteiger partial charge in [-0.05, 0) is 36.8 Å². The van der Waals surface area contributed by atoms with E-state index < -0.39 is 10.8 Å². The normalized spacial score (nSPS) is 11.8. The molecule has 0 aliphatic heterocycles. The summed E-state index contributed by atoms with van der Waals surface area (Å²) in [5, 5.41) is 25.4. The average Bonchev–Trinajstić information content (AvgIpc) is 2.68. The first-order chi connectivity index (χ1) is 12.9. The van der Waals surface area contributed by atoms with Crippen molar-refractivity contribution in [1.82, 2.24) is 5.32 Å². The highest BCUT2D eigenvalue weighted by molar-refractivity contribution is 6.06. The number of nitrogens with one attached hydrogen (secondary N) is 2. The Hall–Kier alpha value is -3.86. The molecule has 1 unspecified atom stereocenters. The van der Waals surface area contributed by atoms with Crippen LogP contribution in [0.3, 0.4) is 0 Å². The number of rotatable bonds is 7. The maximum Gasteiger partial charge on any atom is 0.269 e. The first-order valence-electron chi connectivity index (χ1n) is 8.00. The molecule has 0 aromatic heterocycles. The van der Waals surface area contributed by atoms with Crippen molar-refractivity contribution in [3.8, 4) is 11.8 Å². The fourth-order valence-electron chi connectivity index (χ4n) is 2.21. The molecule has 8 nitrogen and oxygen atoms in total. The summed E-state index contributed by atoms with van der Waals surface area (Å²) >= 11 is 0. The average molecular weight is 366 g/mol. The van der Waals surface area contributed by atoms with Crippen molar-refractivity contribution in [2.24, 2.45) is 0 Å². The second kappa shape index (κ2) is 9.01. The molecule has 0 saturated carbocycles. The molecule has 0 saturated heterocycles. The summed E-state index contributed by atoms with van der Waals surface area (Å²) < 4.78 is 5.11. The van der Waals surface area contributed by atoms with Crippen LogP contribution in [0.15, 0.2) is 60.3 Å². The molecular weight excluding hydrogens is 348 g/mol. The van der Waals surface area contributed by atoms with Crippen LogP contribution < -0.4 is 15.4 Å². The van der Waals surface area contributed by atoms with Crippen molar-refractivity contribution in [1.29, 1.82) is 5.26 Å². The molecule has 2 rings (SSSR count). The largest absolute Gasteiger partial charge is 0.497 e. The zero-order chi connectivity index (χ0) is 19.8. The van der Waals surface area contributed by atoms with Crippen LogP contribution in [0, 0.1) is 21.4 Å². The van der Waals surface area contributed by atoms with Gasteiger partial charge >= 0.3 is 0 Å². The highest BCUT2D eigenvalue weighted by atomic mass is 16.6. The summed E-state index contributed by atoms with van der Waals surface area (Å²) in [6.45, 7) is 1.89. The van der Waals surface area contributed by atoms with Crippen LogP contribution in [0.1, 0.15) is 18.5 Å². The van der Waals surface area contributed by atoms with Crippen LogP contribution in [0.4, 0.5) is 11.4 Å². The Morgan fingerprint density at radius 3 is 2.37 bits per heavy atom. The second-order valence-corrected chi connectivity index (χ2v) is 5.59. The van der Waals surface area contributed by atoms with Crippen LogP contribution >= 0.6 is 0 Å². The Morgan fingerprint density at radius 1 is 1.22 bits per heavy atom. The summed E-state index contributed by atoms with van der Waals surface area (Å²) in [6.07, 6.45) is 1.34. The number of nitrogens with zero attached hydrogens (tertiary/aromatic N) is 2. The van der Waals surface area contributed by atoms with Gasteiger partial charge in [0.2, 0.25) is 0 Å². The molecule has 0 radical (unpaired) electrons. The minimum absolute atomic E-state index is 0.0842. The van der Waals surface area contributed by atoms with Crippen LogP contribution in [0.5, 0.6) is 5.75 Å². The molecule has 0 fully saturated rings. The first-order valence-corrected chi connectivity index (χ1v) is 8.00. The molecule has 0 aliphatic carbocycles. The Labute approximate surface area is 156 Å². The summed E-state index contributed by atoms with van der Waals surface area (Å²) in [7, 11) is 1.59. The summed E-state index contributed by atoms with van der Waals surface area (Å²) in [5.41, 5.74) is 1.11. The van der Waals surface area contributed by atoms with Crippen LogP contribution in [-0.4, -0.2) is 17.9 Å². The van der Waals surface area contributed by atoms with Gasteiger partial charge in [-0.2, -0.15) is 5.26 Å². The van der Waals surface area contributed by atoms with Gasteiger partial charge in [-0.1, -0.05) is 12.1 Å². The number of anilines is 1. The smallest absolute Gasteiger partial charge is 0.269 e. The van der Waals surface area contributed by atoms with Gasteiger partial charge in [0.15, 0.2) is 0 Å². The summed E-state index contributed by atoms with van der Waals surface area (Å²) in [4.78, 5) is 22.3. The van der Waals surface area contributed by atoms with Gasteiger partial charge in [0.05, 0.1) is 12.0 Å². The van der Waals surface area contributed by atoms with E-state index >= 15 is 0 Å². The van der Waals surface area contributed by atoms with Crippen molar-refractivity contribution in [2.45, 2.75) is 13.0 Å². The molecule has 0 aliphatic rings. The Kier molecular flexibility index (Phi) is 6.49. The Bertz CT molecular complexity index is 883. The number of ether oxygens (including phenoxy) is 1. The van der Waals surface area contributed by atoms with Crippen molar-refractivity contribution in [2.75, 3.05) is 12.4 Å². The fraction of sp³-hybridized carbons (Fsp3) is 0.158. The molecule has 138 valence electrons. The van der Waals surface area contributed by atoms with E-state index in [9.17, 15) is 20.2 Å². The summed E-state index contributed by atoms with van der Waals surface area (Å²) in [5.74, 6) is 0.127. The van der Waals surface area contributed by atoms with Crippen LogP contribution in [-0.2, 0) is 4.79 Å². The number of hydrogen-bond donors (Lipinski definition) is 2. The first kappa shape index (κ1) is 19.5. The van der Waals surface area contributed by atoms with Gasteiger partial charge in [0.1, 0.15) is 17.4 Å². The number of carbonyl (C=O) groups is 1. The number of non-ortho nitro benzene ring substituents is 1. The number of hydrogen-bond acceptors (Lipinski definition) is 6. The van der Waals surface area contributed by atoms with Gasteiger partial charge < -0.3 is 15.4 Å². The van der Waals surface area contributed by atoms with E-state index in [4.69, 9.17) is 4.74 Å². The molecule has 0 bridgehead atoms. The maximum absolute atomic E-state index is 12.2. The van der Waals surface area contributed by atoms with Crippen molar-refractivity contribution < 1.29 is 14.5 Å². The molecule has 8 heteroatoms. The highest BCUT2D eigenvalue weighted by Gasteiger charge is 2.12. The number of nitro groups is 1. The third-order valence-electron chi connectivity index (χ3n) is 3.79. The lowest BCUT2D eigenvalue weighted by molar-refractivity contribution is -0.384. The molecule has 1 atom stereocenters. The van der Waals surface area contributed by atoms with E-state index in [2.05, 4.69) is 10.6 Å². The lowest BCUT2D eigenvalue weighted by atomic mass is 10.1. The number of methoxy groups -OCH3 is 1. The van der Waals surface area contributed by atoms with Gasteiger partial charge in [-0.15, -0.1) is 0 Å². The fourth-order valence-corrected chi connectivity index (χ4v) is 2.21. The highest BCUT2D eigenvalue weighted by Crippen LogP contribution is 2.18. The van der Waals surface area contributed by atoms with E-state index in [0.29, 0.717) is 5.69 Å². The quantitative estimate of drug-likeness (QED) is 0.336. The molecule has 0 heterocycles. The van der Waals surface area contributed by atoms with Crippen molar-refractivity contribution in [3.05, 3.63) is 76.0 Å². The van der Waals surface area contributed by atoms with Crippen molar-refractivity contribution in [3.63, 3.8) is 0 Å². The van der Waals surface area contributed by atoms with Gasteiger partial charge in [0.25, 0.3) is 11.6 Å².